The van der Waals surface area contributed by atoms with Crippen molar-refractivity contribution in [3.63, 3.8) is 0 Å². The summed E-state index contributed by atoms with van der Waals surface area (Å²) in [6, 6.07) is 0. The van der Waals surface area contributed by atoms with Crippen LogP contribution in [0.4, 0.5) is 5.00 Å². The molecular weight excluding hydrogens is 360 g/mol. The van der Waals surface area contributed by atoms with E-state index in [4.69, 9.17) is 21.7 Å². The minimum absolute atomic E-state index is 0.256. The lowest BCUT2D eigenvalue weighted by Gasteiger charge is -2.14. The molecule has 1 aromatic rings. The van der Waals surface area contributed by atoms with Crippen LogP contribution in [-0.4, -0.2) is 36.8 Å². The fourth-order valence-corrected chi connectivity index (χ4v) is 4.27. The van der Waals surface area contributed by atoms with E-state index >= 15 is 0 Å². The molecule has 2 rings (SSSR count). The maximum Gasteiger partial charge on any atom is 0.341 e. The molecular formula is C17H22N2O4S2. The Labute approximate surface area is 156 Å². The van der Waals surface area contributed by atoms with Crippen molar-refractivity contribution >= 4 is 45.6 Å². The smallest absolute Gasteiger partial charge is 0.341 e. The Kier molecular flexibility index (Phi) is 6.95. The maximum absolute atomic E-state index is 12.5. The maximum atomic E-state index is 12.5. The largest absolute Gasteiger partial charge is 0.466 e. The first-order chi connectivity index (χ1) is 12.0. The van der Waals surface area contributed by atoms with Gasteiger partial charge in [-0.05, 0) is 44.5 Å². The second-order valence-corrected chi connectivity index (χ2v) is 6.84. The topological polar surface area (TPSA) is 76.7 Å². The van der Waals surface area contributed by atoms with Gasteiger partial charge in [0, 0.05) is 11.4 Å². The van der Waals surface area contributed by atoms with Crippen LogP contribution in [0, 0.1) is 0 Å². The molecule has 1 aromatic heterocycles. The number of nitrogens with one attached hydrogen (secondary N) is 2. The molecule has 0 spiro atoms. The molecule has 0 radical (unpaired) electrons. The van der Waals surface area contributed by atoms with E-state index in [1.165, 1.54) is 11.3 Å². The van der Waals surface area contributed by atoms with E-state index in [1.54, 1.807) is 19.9 Å². The molecule has 0 fully saturated rings. The normalized spacial score (nSPS) is 15.2. The lowest BCUT2D eigenvalue weighted by Crippen LogP contribution is -2.29. The number of thiocarbonyl (C=S) groups is 1. The van der Waals surface area contributed by atoms with Gasteiger partial charge in [0.1, 0.15) is 5.00 Å². The van der Waals surface area contributed by atoms with E-state index in [-0.39, 0.29) is 12.6 Å². The van der Waals surface area contributed by atoms with E-state index < -0.39 is 11.9 Å². The number of hydrogen-bond acceptors (Lipinski definition) is 6. The number of carbonyl (C=O) groups excluding carboxylic acids is 2. The first-order valence-electron chi connectivity index (χ1n) is 8.18. The molecule has 0 unspecified atom stereocenters. The molecule has 0 saturated heterocycles. The van der Waals surface area contributed by atoms with Crippen LogP contribution in [0.3, 0.4) is 0 Å². The Morgan fingerprint density at radius 1 is 1.36 bits per heavy atom. The quantitative estimate of drug-likeness (QED) is 0.426. The van der Waals surface area contributed by atoms with Crippen molar-refractivity contribution in [1.29, 1.82) is 0 Å². The van der Waals surface area contributed by atoms with Crippen LogP contribution in [0.1, 0.15) is 47.0 Å². The molecule has 1 atom stereocenters. The van der Waals surface area contributed by atoms with E-state index in [0.717, 1.165) is 16.9 Å². The van der Waals surface area contributed by atoms with Gasteiger partial charge >= 0.3 is 11.9 Å². The van der Waals surface area contributed by atoms with Crippen molar-refractivity contribution in [2.24, 2.45) is 0 Å². The van der Waals surface area contributed by atoms with Crippen LogP contribution in [-0.2, 0) is 20.7 Å². The number of esters is 2. The highest BCUT2D eigenvalue weighted by Gasteiger charge is 2.38. The van der Waals surface area contributed by atoms with Gasteiger partial charge in [0.2, 0.25) is 0 Å². The van der Waals surface area contributed by atoms with Gasteiger partial charge in [-0.25, -0.2) is 4.79 Å². The molecule has 1 aliphatic rings. The molecule has 0 aliphatic heterocycles. The van der Waals surface area contributed by atoms with E-state index in [0.29, 0.717) is 35.2 Å². The molecule has 136 valence electrons. The molecule has 1 heterocycles. The second kappa shape index (κ2) is 8.96. The van der Waals surface area contributed by atoms with Gasteiger partial charge in [0.25, 0.3) is 0 Å². The molecule has 0 aromatic carbocycles. The summed E-state index contributed by atoms with van der Waals surface area (Å²) in [4.78, 5) is 25.8. The van der Waals surface area contributed by atoms with Gasteiger partial charge in [-0.1, -0.05) is 6.08 Å². The summed E-state index contributed by atoms with van der Waals surface area (Å²) in [5.41, 5.74) is 1.11. The zero-order valence-corrected chi connectivity index (χ0v) is 16.0. The molecule has 8 heteroatoms. The second-order valence-electron chi connectivity index (χ2n) is 5.33. The summed E-state index contributed by atoms with van der Waals surface area (Å²) < 4.78 is 10.4. The summed E-state index contributed by atoms with van der Waals surface area (Å²) in [5.74, 6) is -1.19. The summed E-state index contributed by atoms with van der Waals surface area (Å²) >= 11 is 6.67. The highest BCUT2D eigenvalue weighted by Crippen LogP contribution is 2.45. The Hall–Kier alpha value is -1.93. The van der Waals surface area contributed by atoms with Crippen molar-refractivity contribution in [2.45, 2.75) is 32.6 Å². The Morgan fingerprint density at radius 3 is 2.72 bits per heavy atom. The number of carbonyl (C=O) groups is 2. The molecule has 25 heavy (non-hydrogen) atoms. The van der Waals surface area contributed by atoms with Crippen molar-refractivity contribution in [3.8, 4) is 0 Å². The van der Waals surface area contributed by atoms with Crippen LogP contribution in [0.15, 0.2) is 12.7 Å². The molecule has 2 N–H and O–H groups in total. The fourth-order valence-electron chi connectivity index (χ4n) is 2.75. The molecule has 1 aliphatic carbocycles. The molecule has 0 amide bonds. The van der Waals surface area contributed by atoms with Crippen LogP contribution in [0.25, 0.3) is 0 Å². The zero-order valence-electron chi connectivity index (χ0n) is 14.3. The Morgan fingerprint density at radius 2 is 2.08 bits per heavy atom. The predicted octanol–water partition coefficient (Wildman–Crippen LogP) is 2.99. The first-order valence-corrected chi connectivity index (χ1v) is 9.40. The van der Waals surface area contributed by atoms with Gasteiger partial charge in [0.15, 0.2) is 5.11 Å². The third-order valence-corrected chi connectivity index (χ3v) is 5.14. The highest BCUT2D eigenvalue weighted by molar-refractivity contribution is 7.80. The minimum Gasteiger partial charge on any atom is -0.466 e. The van der Waals surface area contributed by atoms with Crippen molar-refractivity contribution in [3.05, 3.63) is 28.7 Å². The molecule has 0 saturated carbocycles. The van der Waals surface area contributed by atoms with Gasteiger partial charge in [-0.2, -0.15) is 0 Å². The number of ether oxygens (including phenoxy) is 2. The zero-order chi connectivity index (χ0) is 18.4. The molecule has 6 nitrogen and oxygen atoms in total. The van der Waals surface area contributed by atoms with E-state index in [9.17, 15) is 9.59 Å². The number of fused-ring (bicyclic) bond motifs is 1. The number of anilines is 1. The third kappa shape index (κ3) is 4.38. The summed E-state index contributed by atoms with van der Waals surface area (Å²) in [6.45, 7) is 8.22. The number of thiophene rings is 1. The van der Waals surface area contributed by atoms with Gasteiger partial charge in [-0.3, -0.25) is 4.79 Å². The summed E-state index contributed by atoms with van der Waals surface area (Å²) in [7, 11) is 0. The molecule has 0 bridgehead atoms. The average molecular weight is 383 g/mol. The predicted molar refractivity (Wildman–Crippen MR) is 102 cm³/mol. The highest BCUT2D eigenvalue weighted by atomic mass is 32.1. The Bertz CT molecular complexity index is 684. The van der Waals surface area contributed by atoms with Crippen molar-refractivity contribution in [1.82, 2.24) is 5.32 Å². The van der Waals surface area contributed by atoms with Crippen molar-refractivity contribution < 1.29 is 19.1 Å². The standard InChI is InChI=1S/C17H22N2O4S2/c1-4-9-18-17(24)19-14-13(16(21)23-6-3)12-10(15(20)22-5-2)7-8-11(12)25-14/h4,10H,1,5-9H2,2-3H3,(H2,18,19,24)/t10-/m0/s1. The van der Waals surface area contributed by atoms with E-state index in [1.807, 2.05) is 0 Å². The number of aryl methyl sites for hydroxylation is 1. The van der Waals surface area contributed by atoms with Crippen LogP contribution < -0.4 is 10.6 Å². The van der Waals surface area contributed by atoms with Crippen LogP contribution in [0.2, 0.25) is 0 Å². The lowest BCUT2D eigenvalue weighted by molar-refractivity contribution is -0.144. The monoisotopic (exact) mass is 382 g/mol. The number of rotatable bonds is 7. The van der Waals surface area contributed by atoms with Crippen LogP contribution >= 0.6 is 23.6 Å². The average Bonchev–Trinajstić information content (AvgIpc) is 3.11. The van der Waals surface area contributed by atoms with Crippen molar-refractivity contribution in [2.75, 3.05) is 25.1 Å². The Balaban J connectivity index is 2.36. The number of hydrogen-bond donors (Lipinski definition) is 2. The minimum atomic E-state index is -0.454. The van der Waals surface area contributed by atoms with E-state index in [2.05, 4.69) is 17.2 Å². The van der Waals surface area contributed by atoms with Gasteiger partial charge < -0.3 is 20.1 Å². The first kappa shape index (κ1) is 19.4. The fraction of sp³-hybridized carbons (Fsp3) is 0.471. The summed E-state index contributed by atoms with van der Waals surface area (Å²) in [5, 5.41) is 6.99. The SMILES string of the molecule is C=CCNC(=S)Nc1sc2c(c1C(=O)OCC)[C@@H](C(=O)OCC)CC2. The van der Waals surface area contributed by atoms with Gasteiger partial charge in [0.05, 0.1) is 24.7 Å². The van der Waals surface area contributed by atoms with Crippen LogP contribution in [0.5, 0.6) is 0 Å². The summed E-state index contributed by atoms with van der Waals surface area (Å²) in [6.07, 6.45) is 3.06. The van der Waals surface area contributed by atoms with Gasteiger partial charge in [-0.15, -0.1) is 17.9 Å². The lowest BCUT2D eigenvalue weighted by atomic mass is 9.99. The third-order valence-electron chi connectivity index (χ3n) is 3.72.